The zero-order valence-electron chi connectivity index (χ0n) is 20.7. The number of alkyl halides is 3. The first-order valence-corrected chi connectivity index (χ1v) is 11.9. The second-order valence-corrected chi connectivity index (χ2v) is 8.94. The number of hydrogen-bond donors (Lipinski definition) is 3. The van der Waals surface area contributed by atoms with Gasteiger partial charge in [-0.2, -0.15) is 13.2 Å². The van der Waals surface area contributed by atoms with Crippen LogP contribution in [-0.2, 0) is 6.18 Å². The van der Waals surface area contributed by atoms with Crippen molar-refractivity contribution in [1.29, 1.82) is 0 Å². The summed E-state index contributed by atoms with van der Waals surface area (Å²) in [4.78, 5) is 25.8. The molecule has 2 aromatic heterocycles. The molecule has 1 unspecified atom stereocenters. The fraction of sp³-hybridized carbons (Fsp3) is 0.360. The van der Waals surface area contributed by atoms with E-state index < -0.39 is 47.9 Å². The lowest BCUT2D eigenvalue weighted by molar-refractivity contribution is -0.141. The number of rotatable bonds is 6. The summed E-state index contributed by atoms with van der Waals surface area (Å²) >= 11 is 0. The van der Waals surface area contributed by atoms with Crippen molar-refractivity contribution in [1.82, 2.24) is 19.9 Å². The van der Waals surface area contributed by atoms with Gasteiger partial charge in [-0.15, -0.1) is 0 Å². The number of aliphatic hydroxyl groups excluding tert-OH is 1. The molecule has 4 rings (SSSR count). The maximum absolute atomic E-state index is 13.9. The number of hydrogen-bond acceptors (Lipinski definition) is 7. The number of benzene rings is 1. The number of anilines is 2. The Morgan fingerprint density at radius 3 is 2.41 bits per heavy atom. The second-order valence-electron chi connectivity index (χ2n) is 8.94. The molecular formula is C25H25F5N6O3. The number of nitrogens with zero attached hydrogens (tertiary/aromatic N) is 4. The van der Waals surface area contributed by atoms with E-state index in [4.69, 9.17) is 10.5 Å². The highest BCUT2D eigenvalue weighted by molar-refractivity contribution is 5.89. The van der Waals surface area contributed by atoms with E-state index >= 15 is 0 Å². The van der Waals surface area contributed by atoms with E-state index in [1.807, 2.05) is 0 Å². The van der Waals surface area contributed by atoms with Crippen LogP contribution in [0.4, 0.5) is 38.4 Å². The first-order valence-electron chi connectivity index (χ1n) is 11.9. The SMILES string of the molecule is Cc1nc(N)nc(C2CCN(C(=O)Nc3c(F)cccc3F)CC2)c1C(O)COc1cccc(C(F)(F)F)n1. The van der Waals surface area contributed by atoms with Crippen LogP contribution in [0.3, 0.4) is 0 Å². The molecule has 1 aromatic carbocycles. The van der Waals surface area contributed by atoms with E-state index in [1.54, 1.807) is 6.92 Å². The number of nitrogen functional groups attached to an aromatic ring is 1. The van der Waals surface area contributed by atoms with Crippen LogP contribution < -0.4 is 15.8 Å². The fourth-order valence-electron chi connectivity index (χ4n) is 4.41. The number of nitrogens with two attached hydrogens (primary N) is 1. The third-order valence-corrected chi connectivity index (χ3v) is 6.28. The quantitative estimate of drug-likeness (QED) is 0.382. The number of likely N-dealkylation sites (tertiary alicyclic amines) is 1. The van der Waals surface area contributed by atoms with Gasteiger partial charge in [-0.3, -0.25) is 0 Å². The number of urea groups is 1. The summed E-state index contributed by atoms with van der Waals surface area (Å²) in [5.41, 5.74) is 5.28. The number of aliphatic hydroxyl groups is 1. The van der Waals surface area contributed by atoms with Gasteiger partial charge >= 0.3 is 12.2 Å². The molecule has 3 heterocycles. The maximum Gasteiger partial charge on any atom is 0.433 e. The molecule has 0 radical (unpaired) electrons. The number of amides is 2. The number of aromatic nitrogens is 3. The molecule has 3 aromatic rings. The van der Waals surface area contributed by atoms with E-state index in [0.29, 0.717) is 29.8 Å². The van der Waals surface area contributed by atoms with Crippen LogP contribution >= 0.6 is 0 Å². The smallest absolute Gasteiger partial charge is 0.433 e. The summed E-state index contributed by atoms with van der Waals surface area (Å²) in [6, 6.07) is 5.78. The molecule has 9 nitrogen and oxygen atoms in total. The van der Waals surface area contributed by atoms with Gasteiger partial charge in [0.1, 0.15) is 35.7 Å². The summed E-state index contributed by atoms with van der Waals surface area (Å²) in [5, 5.41) is 13.2. The van der Waals surface area contributed by atoms with Crippen molar-refractivity contribution in [3.05, 3.63) is 70.7 Å². The average Bonchev–Trinajstić information content (AvgIpc) is 2.88. The lowest BCUT2D eigenvalue weighted by atomic mass is 9.88. The standard InChI is InChI=1S/C25H25F5N6O3/c1-13-20(17(37)12-39-19-7-3-6-18(33-19)25(28,29)30)21(34-23(31)32-13)14-8-10-36(11-9-14)24(38)35-22-15(26)4-2-5-16(22)27/h2-7,14,17,37H,8-12H2,1H3,(H,35,38)(H2,31,32,34). The van der Waals surface area contributed by atoms with Crippen LogP contribution in [0.2, 0.25) is 0 Å². The Hall–Kier alpha value is -4.07. The molecule has 39 heavy (non-hydrogen) atoms. The monoisotopic (exact) mass is 552 g/mol. The van der Waals surface area contributed by atoms with Crippen LogP contribution in [0.25, 0.3) is 0 Å². The van der Waals surface area contributed by atoms with E-state index in [-0.39, 0.29) is 30.8 Å². The Morgan fingerprint density at radius 1 is 1.13 bits per heavy atom. The summed E-state index contributed by atoms with van der Waals surface area (Å²) in [7, 11) is 0. The van der Waals surface area contributed by atoms with E-state index in [9.17, 15) is 31.9 Å². The number of piperidine rings is 1. The molecule has 4 N–H and O–H groups in total. The normalized spacial score (nSPS) is 15.2. The summed E-state index contributed by atoms with van der Waals surface area (Å²) < 4.78 is 72.0. The Bertz CT molecular complexity index is 1330. The van der Waals surface area contributed by atoms with Gasteiger partial charge in [0.05, 0.1) is 5.69 Å². The minimum Gasteiger partial charge on any atom is -0.475 e. The first-order chi connectivity index (χ1) is 18.4. The van der Waals surface area contributed by atoms with Crippen molar-refractivity contribution in [2.24, 2.45) is 0 Å². The van der Waals surface area contributed by atoms with E-state index in [0.717, 1.165) is 24.3 Å². The van der Waals surface area contributed by atoms with Crippen molar-refractivity contribution >= 4 is 17.7 Å². The number of carbonyl (C=O) groups is 1. The molecule has 1 fully saturated rings. The second kappa shape index (κ2) is 11.4. The van der Waals surface area contributed by atoms with Gasteiger partial charge in [-0.1, -0.05) is 12.1 Å². The highest BCUT2D eigenvalue weighted by Gasteiger charge is 2.33. The minimum absolute atomic E-state index is 0.0332. The number of carbonyl (C=O) groups excluding carboxylic acids is 1. The van der Waals surface area contributed by atoms with Gasteiger partial charge in [0.15, 0.2) is 0 Å². The first kappa shape index (κ1) is 28.0. The number of halogens is 5. The number of para-hydroxylation sites is 1. The molecule has 1 atom stereocenters. The van der Waals surface area contributed by atoms with Crippen LogP contribution in [0.15, 0.2) is 36.4 Å². The molecule has 2 amide bonds. The molecule has 1 aliphatic rings. The van der Waals surface area contributed by atoms with Gasteiger partial charge in [0.25, 0.3) is 0 Å². The van der Waals surface area contributed by atoms with Crippen molar-refractivity contribution in [3.8, 4) is 5.88 Å². The van der Waals surface area contributed by atoms with Gasteiger partial charge in [0.2, 0.25) is 11.8 Å². The van der Waals surface area contributed by atoms with Crippen LogP contribution in [0.5, 0.6) is 5.88 Å². The molecule has 0 aliphatic carbocycles. The zero-order valence-corrected chi connectivity index (χ0v) is 20.7. The summed E-state index contributed by atoms with van der Waals surface area (Å²) in [5.74, 6) is -2.41. The molecule has 0 spiro atoms. The number of nitrogens with one attached hydrogen (secondary N) is 1. The predicted molar refractivity (Wildman–Crippen MR) is 130 cm³/mol. The molecule has 0 saturated carbocycles. The zero-order chi connectivity index (χ0) is 28.3. The number of ether oxygens (including phenoxy) is 1. The number of aryl methyl sites for hydroxylation is 1. The Kier molecular flexibility index (Phi) is 8.14. The van der Waals surface area contributed by atoms with Gasteiger partial charge < -0.3 is 25.8 Å². The Morgan fingerprint density at radius 2 is 1.77 bits per heavy atom. The van der Waals surface area contributed by atoms with Crippen molar-refractivity contribution < 1.29 is 36.6 Å². The molecule has 14 heteroatoms. The van der Waals surface area contributed by atoms with Crippen LogP contribution in [0.1, 0.15) is 47.5 Å². The van der Waals surface area contributed by atoms with Crippen LogP contribution in [-0.4, -0.2) is 50.7 Å². The topological polar surface area (TPSA) is 126 Å². The minimum atomic E-state index is -4.65. The van der Waals surface area contributed by atoms with E-state index in [2.05, 4.69) is 20.3 Å². The van der Waals surface area contributed by atoms with Crippen molar-refractivity contribution in [3.63, 3.8) is 0 Å². The average molecular weight is 553 g/mol. The van der Waals surface area contributed by atoms with E-state index in [1.165, 1.54) is 17.0 Å². The fourth-order valence-corrected chi connectivity index (χ4v) is 4.41. The third-order valence-electron chi connectivity index (χ3n) is 6.28. The van der Waals surface area contributed by atoms with Crippen LogP contribution in [0, 0.1) is 18.6 Å². The van der Waals surface area contributed by atoms with Crippen molar-refractivity contribution in [2.75, 3.05) is 30.7 Å². The summed E-state index contributed by atoms with van der Waals surface area (Å²) in [6.07, 6.45) is -5.19. The highest BCUT2D eigenvalue weighted by atomic mass is 19.4. The van der Waals surface area contributed by atoms with Gasteiger partial charge in [0, 0.05) is 36.3 Å². The molecule has 1 aliphatic heterocycles. The van der Waals surface area contributed by atoms with Crippen molar-refractivity contribution in [2.45, 2.75) is 38.0 Å². The largest absolute Gasteiger partial charge is 0.475 e. The van der Waals surface area contributed by atoms with Gasteiger partial charge in [-0.05, 0) is 38.0 Å². The lowest BCUT2D eigenvalue weighted by Gasteiger charge is -2.33. The Balaban J connectivity index is 1.45. The van der Waals surface area contributed by atoms with Gasteiger partial charge in [-0.25, -0.2) is 28.5 Å². The predicted octanol–water partition coefficient (Wildman–Crippen LogP) is 4.58. The highest BCUT2D eigenvalue weighted by Crippen LogP contribution is 2.34. The number of pyridine rings is 1. The summed E-state index contributed by atoms with van der Waals surface area (Å²) in [6.45, 7) is 1.62. The lowest BCUT2D eigenvalue weighted by Crippen LogP contribution is -2.41. The third kappa shape index (κ3) is 6.50. The molecule has 1 saturated heterocycles. The maximum atomic E-state index is 13.9. The molecule has 208 valence electrons. The molecular weight excluding hydrogens is 527 g/mol. The molecule has 0 bridgehead atoms. The Labute approximate surface area is 219 Å².